The Labute approximate surface area is 169 Å². The SMILES string of the molecule is c1ccc(CC2(Cn3ccnc3)COC(c3ccc(-c4ccoc4)cc3)=N2)cc1. The number of aliphatic imine (C=N–C) groups is 1. The Hall–Kier alpha value is -3.60. The summed E-state index contributed by atoms with van der Waals surface area (Å²) in [5.74, 6) is 0.694. The van der Waals surface area contributed by atoms with Crippen molar-refractivity contribution in [2.75, 3.05) is 6.61 Å². The molecule has 4 aromatic rings. The normalized spacial score (nSPS) is 18.4. The lowest BCUT2D eigenvalue weighted by molar-refractivity contribution is 0.233. The molecular formula is C24H21N3O2. The van der Waals surface area contributed by atoms with E-state index in [4.69, 9.17) is 14.1 Å². The van der Waals surface area contributed by atoms with E-state index < -0.39 is 0 Å². The summed E-state index contributed by atoms with van der Waals surface area (Å²) >= 11 is 0. The molecule has 2 aromatic carbocycles. The Morgan fingerprint density at radius 2 is 1.76 bits per heavy atom. The minimum Gasteiger partial charge on any atom is -0.475 e. The molecular weight excluding hydrogens is 362 g/mol. The van der Waals surface area contributed by atoms with Crippen molar-refractivity contribution in [1.29, 1.82) is 0 Å². The van der Waals surface area contributed by atoms with E-state index in [-0.39, 0.29) is 5.54 Å². The molecule has 144 valence electrons. The maximum Gasteiger partial charge on any atom is 0.216 e. The van der Waals surface area contributed by atoms with E-state index in [9.17, 15) is 0 Å². The summed E-state index contributed by atoms with van der Waals surface area (Å²) in [4.78, 5) is 9.26. The van der Waals surface area contributed by atoms with Crippen molar-refractivity contribution in [1.82, 2.24) is 9.55 Å². The van der Waals surface area contributed by atoms with Crippen LogP contribution in [-0.2, 0) is 17.7 Å². The monoisotopic (exact) mass is 383 g/mol. The second kappa shape index (κ2) is 7.43. The van der Waals surface area contributed by atoms with Gasteiger partial charge in [0.15, 0.2) is 0 Å². The van der Waals surface area contributed by atoms with Gasteiger partial charge in [0.2, 0.25) is 5.90 Å². The molecule has 0 saturated carbocycles. The first-order valence-corrected chi connectivity index (χ1v) is 9.65. The highest BCUT2D eigenvalue weighted by Gasteiger charge is 2.37. The van der Waals surface area contributed by atoms with Gasteiger partial charge in [0.05, 0.1) is 25.4 Å². The molecule has 5 nitrogen and oxygen atoms in total. The molecule has 0 aliphatic carbocycles. The Bertz CT molecular complexity index is 1090. The highest BCUT2D eigenvalue weighted by atomic mass is 16.5. The fourth-order valence-electron chi connectivity index (χ4n) is 3.79. The zero-order valence-electron chi connectivity index (χ0n) is 15.9. The van der Waals surface area contributed by atoms with Crippen molar-refractivity contribution in [3.63, 3.8) is 0 Å². The molecule has 0 radical (unpaired) electrons. The van der Waals surface area contributed by atoms with Crippen LogP contribution in [-0.4, -0.2) is 27.6 Å². The number of hydrogen-bond acceptors (Lipinski definition) is 4. The molecule has 0 spiro atoms. The number of furan rings is 1. The van der Waals surface area contributed by atoms with Gasteiger partial charge in [-0.1, -0.05) is 42.5 Å². The molecule has 1 unspecified atom stereocenters. The van der Waals surface area contributed by atoms with E-state index in [0.29, 0.717) is 12.5 Å². The van der Waals surface area contributed by atoms with Crippen LogP contribution in [0.1, 0.15) is 11.1 Å². The molecule has 1 aliphatic rings. The van der Waals surface area contributed by atoms with Gasteiger partial charge in [-0.25, -0.2) is 9.98 Å². The van der Waals surface area contributed by atoms with E-state index in [1.165, 1.54) is 5.56 Å². The van der Waals surface area contributed by atoms with Gasteiger partial charge in [-0.15, -0.1) is 0 Å². The lowest BCUT2D eigenvalue weighted by atomic mass is 9.92. The minimum atomic E-state index is -0.360. The minimum absolute atomic E-state index is 0.360. The van der Waals surface area contributed by atoms with Crippen molar-refractivity contribution in [2.45, 2.75) is 18.5 Å². The van der Waals surface area contributed by atoms with Crippen LogP contribution < -0.4 is 0 Å². The zero-order chi connectivity index (χ0) is 19.5. The molecule has 0 amide bonds. The molecule has 29 heavy (non-hydrogen) atoms. The Balaban J connectivity index is 1.45. The summed E-state index contributed by atoms with van der Waals surface area (Å²) in [5.41, 5.74) is 4.04. The van der Waals surface area contributed by atoms with Crippen LogP contribution in [0.4, 0.5) is 0 Å². The van der Waals surface area contributed by atoms with Crippen molar-refractivity contribution in [3.8, 4) is 11.1 Å². The average molecular weight is 383 g/mol. The Morgan fingerprint density at radius 3 is 2.48 bits per heavy atom. The fraction of sp³-hybridized carbons (Fsp3) is 0.167. The first-order chi connectivity index (χ1) is 14.3. The number of aromatic nitrogens is 2. The van der Waals surface area contributed by atoms with Crippen molar-refractivity contribution in [2.24, 2.45) is 4.99 Å². The van der Waals surface area contributed by atoms with E-state index in [1.807, 2.05) is 24.7 Å². The molecule has 1 atom stereocenters. The summed E-state index contributed by atoms with van der Waals surface area (Å²) in [6.45, 7) is 1.26. The van der Waals surface area contributed by atoms with Gasteiger partial charge in [0.25, 0.3) is 0 Å². The van der Waals surface area contributed by atoms with Gasteiger partial charge in [-0.05, 0) is 29.3 Å². The largest absolute Gasteiger partial charge is 0.475 e. The van der Waals surface area contributed by atoms with Crippen LogP contribution in [0.25, 0.3) is 11.1 Å². The van der Waals surface area contributed by atoms with Gasteiger partial charge in [0.1, 0.15) is 12.1 Å². The lowest BCUT2D eigenvalue weighted by Gasteiger charge is -2.24. The smallest absolute Gasteiger partial charge is 0.216 e. The van der Waals surface area contributed by atoms with Crippen LogP contribution in [0.2, 0.25) is 0 Å². The molecule has 3 heterocycles. The highest BCUT2D eigenvalue weighted by Crippen LogP contribution is 2.29. The second-order valence-electron chi connectivity index (χ2n) is 7.42. The van der Waals surface area contributed by atoms with Gasteiger partial charge >= 0.3 is 0 Å². The number of nitrogens with zero attached hydrogens (tertiary/aromatic N) is 3. The third-order valence-corrected chi connectivity index (χ3v) is 5.21. The molecule has 0 bridgehead atoms. The van der Waals surface area contributed by atoms with Gasteiger partial charge in [-0.2, -0.15) is 0 Å². The van der Waals surface area contributed by atoms with E-state index in [0.717, 1.165) is 29.7 Å². The van der Waals surface area contributed by atoms with Crippen molar-refractivity contribution in [3.05, 3.63) is 103 Å². The predicted molar refractivity (Wildman–Crippen MR) is 112 cm³/mol. The lowest BCUT2D eigenvalue weighted by Crippen LogP contribution is -2.36. The third kappa shape index (κ3) is 3.72. The summed E-state index contributed by atoms with van der Waals surface area (Å²) in [5, 5.41) is 0. The maximum atomic E-state index is 6.10. The van der Waals surface area contributed by atoms with Gasteiger partial charge in [0, 0.05) is 29.9 Å². The van der Waals surface area contributed by atoms with Gasteiger partial charge in [-0.3, -0.25) is 0 Å². The number of hydrogen-bond donors (Lipinski definition) is 0. The third-order valence-electron chi connectivity index (χ3n) is 5.21. The highest BCUT2D eigenvalue weighted by molar-refractivity contribution is 5.96. The standard InChI is InChI=1S/C24H21N3O2/c1-2-4-19(5-3-1)14-24(16-27-12-11-25-18-27)17-29-23(26-24)21-8-6-20(7-9-21)22-10-13-28-15-22/h1-13,15,18H,14,16-17H2. The zero-order valence-corrected chi connectivity index (χ0v) is 15.9. The van der Waals surface area contributed by atoms with Crippen LogP contribution in [0.3, 0.4) is 0 Å². The van der Waals surface area contributed by atoms with Crippen molar-refractivity contribution < 1.29 is 9.15 Å². The molecule has 0 N–H and O–H groups in total. The number of benzene rings is 2. The van der Waals surface area contributed by atoms with Crippen LogP contribution >= 0.6 is 0 Å². The summed E-state index contributed by atoms with van der Waals surface area (Å²) in [6.07, 6.45) is 9.84. The Morgan fingerprint density at radius 1 is 0.931 bits per heavy atom. The molecule has 5 heteroatoms. The first kappa shape index (κ1) is 17.5. The molecule has 1 aliphatic heterocycles. The molecule has 2 aromatic heterocycles. The number of rotatable bonds is 6. The molecule has 0 fully saturated rings. The maximum absolute atomic E-state index is 6.10. The summed E-state index contributed by atoms with van der Waals surface area (Å²) in [6, 6.07) is 20.6. The quantitative estimate of drug-likeness (QED) is 0.489. The van der Waals surface area contributed by atoms with E-state index >= 15 is 0 Å². The van der Waals surface area contributed by atoms with Crippen LogP contribution in [0.15, 0.2) is 101 Å². The fourth-order valence-corrected chi connectivity index (χ4v) is 3.79. The average Bonchev–Trinajstić information content (AvgIpc) is 3.52. The molecule has 0 saturated heterocycles. The topological polar surface area (TPSA) is 52.5 Å². The molecule has 5 rings (SSSR count). The van der Waals surface area contributed by atoms with Crippen LogP contribution in [0, 0.1) is 0 Å². The van der Waals surface area contributed by atoms with E-state index in [1.54, 1.807) is 18.7 Å². The summed E-state index contributed by atoms with van der Waals surface area (Å²) < 4.78 is 13.4. The van der Waals surface area contributed by atoms with Crippen LogP contribution in [0.5, 0.6) is 0 Å². The predicted octanol–water partition coefficient (Wildman–Crippen LogP) is 4.60. The second-order valence-corrected chi connectivity index (χ2v) is 7.42. The van der Waals surface area contributed by atoms with Gasteiger partial charge < -0.3 is 13.7 Å². The summed E-state index contributed by atoms with van der Waals surface area (Å²) in [7, 11) is 0. The van der Waals surface area contributed by atoms with E-state index in [2.05, 4.69) is 58.1 Å². The number of imidazole rings is 1. The van der Waals surface area contributed by atoms with Crippen molar-refractivity contribution >= 4 is 5.90 Å². The first-order valence-electron chi connectivity index (χ1n) is 9.65. The Kier molecular flexibility index (Phi) is 4.48. The number of ether oxygens (including phenoxy) is 1.